The molecule has 0 saturated heterocycles. The second-order valence-corrected chi connectivity index (χ2v) is 7.16. The molecule has 0 unspecified atom stereocenters. The van der Waals surface area contributed by atoms with Crippen LogP contribution in [0.15, 0.2) is 0 Å². The summed E-state index contributed by atoms with van der Waals surface area (Å²) in [4.78, 5) is 13.5. The van der Waals surface area contributed by atoms with E-state index >= 15 is 0 Å². The first-order chi connectivity index (χ1) is 7.24. The van der Waals surface area contributed by atoms with E-state index in [1.807, 2.05) is 18.9 Å². The van der Waals surface area contributed by atoms with Crippen molar-refractivity contribution in [3.05, 3.63) is 0 Å². The van der Waals surface area contributed by atoms with Crippen LogP contribution in [0.25, 0.3) is 0 Å². The average molecular weight is 223 g/mol. The Morgan fingerprint density at radius 1 is 1.25 bits per heavy atom. The van der Waals surface area contributed by atoms with Crippen LogP contribution < -0.4 is 0 Å². The Morgan fingerprint density at radius 3 is 2.12 bits per heavy atom. The van der Waals surface area contributed by atoms with Crippen molar-refractivity contribution in [1.29, 1.82) is 0 Å². The molecular weight excluding hydrogens is 198 g/mol. The van der Waals surface area contributed by atoms with Crippen LogP contribution in [-0.4, -0.2) is 24.4 Å². The lowest BCUT2D eigenvalue weighted by molar-refractivity contribution is -0.263. The monoisotopic (exact) mass is 223 g/mol. The summed E-state index contributed by atoms with van der Waals surface area (Å²) in [6.45, 7) is 10.00. The Hall–Kier alpha value is -0.530. The Morgan fingerprint density at radius 2 is 1.75 bits per heavy atom. The van der Waals surface area contributed by atoms with Gasteiger partial charge in [0.15, 0.2) is 0 Å². The smallest absolute Gasteiger partial charge is 0.222 e. The first-order valence-corrected chi connectivity index (χ1v) is 6.48. The van der Waals surface area contributed by atoms with Crippen molar-refractivity contribution in [2.24, 2.45) is 16.2 Å². The van der Waals surface area contributed by atoms with Gasteiger partial charge >= 0.3 is 0 Å². The van der Waals surface area contributed by atoms with Crippen LogP contribution in [0.2, 0.25) is 0 Å². The summed E-state index contributed by atoms with van der Waals surface area (Å²) in [6.07, 6.45) is 4.65. The lowest BCUT2D eigenvalue weighted by Gasteiger charge is -2.76. The second kappa shape index (κ2) is 3.24. The molecule has 2 heteroatoms. The minimum atomic E-state index is 0.287. The summed E-state index contributed by atoms with van der Waals surface area (Å²) in [5.74, 6) is 0.287. The van der Waals surface area contributed by atoms with E-state index in [-0.39, 0.29) is 5.91 Å². The molecule has 0 N–H and O–H groups in total. The van der Waals surface area contributed by atoms with Gasteiger partial charge in [0.2, 0.25) is 5.91 Å². The van der Waals surface area contributed by atoms with E-state index in [0.29, 0.717) is 22.7 Å². The summed E-state index contributed by atoms with van der Waals surface area (Å²) >= 11 is 0. The molecule has 3 fully saturated rings. The van der Waals surface area contributed by atoms with Crippen molar-refractivity contribution in [3.8, 4) is 0 Å². The first-order valence-electron chi connectivity index (χ1n) is 6.48. The lowest BCUT2D eigenvalue weighted by Crippen LogP contribution is -2.69. The van der Waals surface area contributed by atoms with Crippen LogP contribution in [0.1, 0.15) is 53.4 Å². The van der Waals surface area contributed by atoms with Crippen LogP contribution in [0.3, 0.4) is 0 Å². The SMILES string of the molecule is CCC(=O)N(C)CC12CC(C(C)(C)C)(C1)C2. The highest BCUT2D eigenvalue weighted by Crippen LogP contribution is 2.79. The third kappa shape index (κ3) is 1.49. The Kier molecular flexibility index (Phi) is 2.42. The van der Waals surface area contributed by atoms with E-state index in [4.69, 9.17) is 0 Å². The van der Waals surface area contributed by atoms with Crippen molar-refractivity contribution >= 4 is 5.91 Å². The molecule has 3 rings (SSSR count). The number of rotatable bonds is 3. The maximum absolute atomic E-state index is 11.5. The standard InChI is InChI=1S/C14H25NO/c1-6-11(16)15(5)10-13-7-14(8-13,9-13)12(2,3)4/h6-10H2,1-5H3. The quantitative estimate of drug-likeness (QED) is 0.720. The van der Waals surface area contributed by atoms with Gasteiger partial charge in [0.1, 0.15) is 0 Å². The molecule has 3 saturated carbocycles. The topological polar surface area (TPSA) is 20.3 Å². The van der Waals surface area contributed by atoms with Crippen molar-refractivity contribution in [2.45, 2.75) is 53.4 Å². The first kappa shape index (κ1) is 11.9. The summed E-state index contributed by atoms with van der Waals surface area (Å²) in [6, 6.07) is 0. The van der Waals surface area contributed by atoms with E-state index in [1.54, 1.807) is 0 Å². The zero-order valence-electron chi connectivity index (χ0n) is 11.4. The number of hydrogen-bond donors (Lipinski definition) is 0. The summed E-state index contributed by atoms with van der Waals surface area (Å²) in [7, 11) is 1.95. The molecule has 0 atom stereocenters. The van der Waals surface area contributed by atoms with Crippen LogP contribution in [0.4, 0.5) is 0 Å². The van der Waals surface area contributed by atoms with Gasteiger partial charge in [0.25, 0.3) is 0 Å². The van der Waals surface area contributed by atoms with Gasteiger partial charge in [-0.1, -0.05) is 27.7 Å². The van der Waals surface area contributed by atoms with Crippen LogP contribution >= 0.6 is 0 Å². The summed E-state index contributed by atoms with van der Waals surface area (Å²) in [5.41, 5.74) is 1.54. The molecule has 2 bridgehead atoms. The van der Waals surface area contributed by atoms with Crippen molar-refractivity contribution in [2.75, 3.05) is 13.6 Å². The number of hydrogen-bond acceptors (Lipinski definition) is 1. The highest BCUT2D eigenvalue weighted by atomic mass is 16.2. The molecule has 1 amide bonds. The van der Waals surface area contributed by atoms with Gasteiger partial charge in [-0.3, -0.25) is 4.79 Å². The van der Waals surface area contributed by atoms with Gasteiger partial charge < -0.3 is 4.90 Å². The fraction of sp³-hybridized carbons (Fsp3) is 0.929. The van der Waals surface area contributed by atoms with Crippen molar-refractivity contribution in [1.82, 2.24) is 4.90 Å². The van der Waals surface area contributed by atoms with Gasteiger partial charge in [-0.2, -0.15) is 0 Å². The van der Waals surface area contributed by atoms with Crippen LogP contribution in [0.5, 0.6) is 0 Å². The molecule has 2 nitrogen and oxygen atoms in total. The van der Waals surface area contributed by atoms with Crippen LogP contribution in [-0.2, 0) is 4.79 Å². The molecule has 92 valence electrons. The fourth-order valence-corrected chi connectivity index (χ4v) is 3.82. The third-order valence-corrected chi connectivity index (χ3v) is 5.03. The van der Waals surface area contributed by atoms with E-state index in [9.17, 15) is 4.79 Å². The zero-order valence-corrected chi connectivity index (χ0v) is 11.4. The van der Waals surface area contributed by atoms with E-state index < -0.39 is 0 Å². The zero-order chi connectivity index (χ0) is 12.2. The predicted molar refractivity (Wildman–Crippen MR) is 66.1 cm³/mol. The number of nitrogens with zero attached hydrogens (tertiary/aromatic N) is 1. The second-order valence-electron chi connectivity index (χ2n) is 7.16. The Labute approximate surface area is 99.4 Å². The van der Waals surface area contributed by atoms with E-state index in [2.05, 4.69) is 20.8 Å². The molecule has 16 heavy (non-hydrogen) atoms. The van der Waals surface area contributed by atoms with Crippen molar-refractivity contribution in [3.63, 3.8) is 0 Å². The predicted octanol–water partition coefficient (Wildman–Crippen LogP) is 3.07. The molecular formula is C14H25NO. The molecule has 0 heterocycles. The molecule has 0 aromatic rings. The highest BCUT2D eigenvalue weighted by Gasteiger charge is 2.71. The summed E-state index contributed by atoms with van der Waals surface area (Å²) in [5, 5.41) is 0. The normalized spacial score (nSPS) is 36.3. The molecule has 3 aliphatic carbocycles. The molecule has 0 radical (unpaired) electrons. The van der Waals surface area contributed by atoms with Gasteiger partial charge in [-0.25, -0.2) is 0 Å². The van der Waals surface area contributed by atoms with E-state index in [1.165, 1.54) is 19.3 Å². The molecule has 0 spiro atoms. The van der Waals surface area contributed by atoms with Gasteiger partial charge in [0, 0.05) is 20.0 Å². The minimum Gasteiger partial charge on any atom is -0.345 e. The molecule has 0 aromatic carbocycles. The number of amides is 1. The summed E-state index contributed by atoms with van der Waals surface area (Å²) < 4.78 is 0. The van der Waals surface area contributed by atoms with Gasteiger partial charge in [-0.05, 0) is 35.5 Å². The fourth-order valence-electron chi connectivity index (χ4n) is 3.82. The highest BCUT2D eigenvalue weighted by molar-refractivity contribution is 5.75. The number of carbonyl (C=O) groups is 1. The third-order valence-electron chi connectivity index (χ3n) is 5.03. The average Bonchev–Trinajstić information content (AvgIpc) is 2.04. The van der Waals surface area contributed by atoms with Crippen molar-refractivity contribution < 1.29 is 4.79 Å². The largest absolute Gasteiger partial charge is 0.345 e. The lowest BCUT2D eigenvalue weighted by atomic mass is 9.29. The molecule has 0 aliphatic heterocycles. The molecule has 0 aromatic heterocycles. The Bertz CT molecular complexity index is 293. The Balaban J connectivity index is 1.88. The maximum atomic E-state index is 11.5. The van der Waals surface area contributed by atoms with Crippen LogP contribution in [0, 0.1) is 16.2 Å². The van der Waals surface area contributed by atoms with Gasteiger partial charge in [0.05, 0.1) is 0 Å². The van der Waals surface area contributed by atoms with Gasteiger partial charge in [-0.15, -0.1) is 0 Å². The minimum absolute atomic E-state index is 0.287. The number of carbonyl (C=O) groups excluding carboxylic acids is 1. The van der Waals surface area contributed by atoms with E-state index in [0.717, 1.165) is 6.54 Å². The molecule has 3 aliphatic rings. The maximum Gasteiger partial charge on any atom is 0.222 e.